The summed E-state index contributed by atoms with van der Waals surface area (Å²) in [5, 5.41) is 11.2. The summed E-state index contributed by atoms with van der Waals surface area (Å²) >= 11 is 1.70. The van der Waals surface area contributed by atoms with Gasteiger partial charge in [0.2, 0.25) is 5.91 Å². The molecule has 1 N–H and O–H groups in total. The lowest BCUT2D eigenvalue weighted by Gasteiger charge is -2.21. The van der Waals surface area contributed by atoms with Gasteiger partial charge in [-0.3, -0.25) is 4.79 Å². The quantitative estimate of drug-likeness (QED) is 0.923. The molecular weight excluding hydrogens is 262 g/mol. The second-order valence-electron chi connectivity index (χ2n) is 5.44. The molecule has 1 saturated carbocycles. The summed E-state index contributed by atoms with van der Waals surface area (Å²) in [5.74, 6) is -0.488. The van der Waals surface area contributed by atoms with Gasteiger partial charge in [0.1, 0.15) is 6.04 Å². The molecule has 1 aromatic rings. The van der Waals surface area contributed by atoms with Crippen molar-refractivity contribution in [3.63, 3.8) is 0 Å². The standard InChI is InChI=1S/C14H17NO3S/c1-8-4-6-19-12(8)9-7-10(9)13(16)15-5-2-3-11(15)14(17)18/h4,6,9-11H,2-3,5,7H2,1H3,(H,17,18)/t9?,10?,11-/m0/s1. The van der Waals surface area contributed by atoms with Crippen molar-refractivity contribution >= 4 is 23.2 Å². The van der Waals surface area contributed by atoms with Crippen molar-refractivity contribution in [2.75, 3.05) is 6.54 Å². The van der Waals surface area contributed by atoms with E-state index >= 15 is 0 Å². The van der Waals surface area contributed by atoms with Crippen LogP contribution >= 0.6 is 11.3 Å². The van der Waals surface area contributed by atoms with Crippen molar-refractivity contribution in [1.29, 1.82) is 0 Å². The highest BCUT2D eigenvalue weighted by Gasteiger charge is 2.49. The Morgan fingerprint density at radius 3 is 2.89 bits per heavy atom. The summed E-state index contributed by atoms with van der Waals surface area (Å²) in [7, 11) is 0. The smallest absolute Gasteiger partial charge is 0.326 e. The van der Waals surface area contributed by atoms with Gasteiger partial charge in [-0.05, 0) is 43.2 Å². The lowest BCUT2D eigenvalue weighted by molar-refractivity contribution is -0.148. The third-order valence-electron chi connectivity index (χ3n) is 4.17. The van der Waals surface area contributed by atoms with Gasteiger partial charge in [-0.1, -0.05) is 0 Å². The minimum absolute atomic E-state index is 0.0114. The maximum atomic E-state index is 12.4. The van der Waals surface area contributed by atoms with Crippen molar-refractivity contribution in [3.8, 4) is 0 Å². The van der Waals surface area contributed by atoms with Gasteiger partial charge in [0.25, 0.3) is 0 Å². The van der Waals surface area contributed by atoms with Gasteiger partial charge in [-0.15, -0.1) is 11.3 Å². The van der Waals surface area contributed by atoms with Crippen LogP contribution in [0.3, 0.4) is 0 Å². The van der Waals surface area contributed by atoms with E-state index in [0.717, 1.165) is 12.8 Å². The number of aliphatic carboxylic acids is 1. The molecule has 2 unspecified atom stereocenters. The van der Waals surface area contributed by atoms with Crippen LogP contribution in [0.25, 0.3) is 0 Å². The third kappa shape index (κ3) is 2.16. The number of likely N-dealkylation sites (tertiary alicyclic amines) is 1. The van der Waals surface area contributed by atoms with E-state index in [0.29, 0.717) is 18.9 Å². The number of carbonyl (C=O) groups is 2. The fourth-order valence-corrected chi connectivity index (χ4v) is 4.13. The average Bonchev–Trinajstić information content (AvgIpc) is 2.82. The van der Waals surface area contributed by atoms with Crippen molar-refractivity contribution in [2.24, 2.45) is 5.92 Å². The Morgan fingerprint density at radius 2 is 2.26 bits per heavy atom. The largest absolute Gasteiger partial charge is 0.480 e. The number of rotatable bonds is 3. The van der Waals surface area contributed by atoms with Gasteiger partial charge in [-0.2, -0.15) is 0 Å². The van der Waals surface area contributed by atoms with Crippen LogP contribution in [-0.4, -0.2) is 34.5 Å². The molecule has 0 aromatic carbocycles. The summed E-state index contributed by atoms with van der Waals surface area (Å²) in [6.07, 6.45) is 2.28. The predicted molar refractivity (Wildman–Crippen MR) is 72.3 cm³/mol. The van der Waals surface area contributed by atoms with E-state index < -0.39 is 12.0 Å². The summed E-state index contributed by atoms with van der Waals surface area (Å²) in [6, 6.07) is 1.48. The van der Waals surface area contributed by atoms with Crippen LogP contribution in [0.2, 0.25) is 0 Å². The maximum absolute atomic E-state index is 12.4. The minimum Gasteiger partial charge on any atom is -0.480 e. The monoisotopic (exact) mass is 279 g/mol. The van der Waals surface area contributed by atoms with Crippen LogP contribution in [0.4, 0.5) is 0 Å². The summed E-state index contributed by atoms with van der Waals surface area (Å²) in [5.41, 5.74) is 1.25. The fraction of sp³-hybridized carbons (Fsp3) is 0.571. The molecule has 1 amide bonds. The Bertz CT molecular complexity index is 525. The predicted octanol–water partition coefficient (Wildman–Crippen LogP) is 2.24. The topological polar surface area (TPSA) is 57.6 Å². The molecule has 4 nitrogen and oxygen atoms in total. The molecule has 0 radical (unpaired) electrons. The molecule has 19 heavy (non-hydrogen) atoms. The van der Waals surface area contributed by atoms with Gasteiger partial charge in [-0.25, -0.2) is 4.79 Å². The van der Waals surface area contributed by atoms with Gasteiger partial charge in [0, 0.05) is 23.3 Å². The highest BCUT2D eigenvalue weighted by molar-refractivity contribution is 7.10. The number of carbonyl (C=O) groups excluding carboxylic acids is 1. The van der Waals surface area contributed by atoms with Gasteiger partial charge in [0.15, 0.2) is 0 Å². The van der Waals surface area contributed by atoms with Crippen molar-refractivity contribution in [3.05, 3.63) is 21.9 Å². The molecule has 2 aliphatic rings. The first-order chi connectivity index (χ1) is 9.09. The molecule has 1 aromatic heterocycles. The van der Waals surface area contributed by atoms with E-state index in [1.54, 1.807) is 16.2 Å². The Labute approximate surface area is 116 Å². The third-order valence-corrected chi connectivity index (χ3v) is 5.32. The number of amides is 1. The number of carboxylic acid groups (broad SMARTS) is 1. The van der Waals surface area contributed by atoms with E-state index in [1.807, 2.05) is 0 Å². The lowest BCUT2D eigenvalue weighted by atomic mass is 10.1. The molecule has 5 heteroatoms. The first kappa shape index (κ1) is 12.7. The number of carboxylic acids is 1. The number of hydrogen-bond acceptors (Lipinski definition) is 3. The van der Waals surface area contributed by atoms with Crippen LogP contribution in [-0.2, 0) is 9.59 Å². The normalized spacial score (nSPS) is 29.5. The Kier molecular flexibility index (Phi) is 3.09. The number of thiophene rings is 1. The highest BCUT2D eigenvalue weighted by Crippen LogP contribution is 2.51. The molecule has 0 bridgehead atoms. The zero-order chi connectivity index (χ0) is 13.6. The molecule has 1 saturated heterocycles. The van der Waals surface area contributed by atoms with E-state index in [1.165, 1.54) is 10.4 Å². The summed E-state index contributed by atoms with van der Waals surface area (Å²) in [6.45, 7) is 2.67. The summed E-state index contributed by atoms with van der Waals surface area (Å²) in [4.78, 5) is 26.4. The molecular formula is C14H17NO3S. The number of aryl methyl sites for hydroxylation is 1. The van der Waals surface area contributed by atoms with E-state index in [9.17, 15) is 9.59 Å². The van der Waals surface area contributed by atoms with E-state index in [4.69, 9.17) is 5.11 Å². The first-order valence-electron chi connectivity index (χ1n) is 6.67. The first-order valence-corrected chi connectivity index (χ1v) is 7.55. The van der Waals surface area contributed by atoms with Crippen molar-refractivity contribution in [1.82, 2.24) is 4.90 Å². The van der Waals surface area contributed by atoms with Crippen LogP contribution in [0.1, 0.15) is 35.6 Å². The second kappa shape index (κ2) is 4.63. The van der Waals surface area contributed by atoms with Crippen LogP contribution in [0, 0.1) is 12.8 Å². The average molecular weight is 279 g/mol. The maximum Gasteiger partial charge on any atom is 0.326 e. The van der Waals surface area contributed by atoms with Crippen molar-refractivity contribution in [2.45, 2.75) is 38.1 Å². The Balaban J connectivity index is 1.70. The summed E-state index contributed by atoms with van der Waals surface area (Å²) < 4.78 is 0. The number of hydrogen-bond donors (Lipinski definition) is 1. The molecule has 2 heterocycles. The second-order valence-corrected chi connectivity index (χ2v) is 6.39. The Morgan fingerprint density at radius 1 is 1.47 bits per heavy atom. The van der Waals surface area contributed by atoms with Gasteiger partial charge in [0.05, 0.1) is 0 Å². The SMILES string of the molecule is Cc1ccsc1C1CC1C(=O)N1CCC[C@H]1C(=O)O. The molecule has 3 atom stereocenters. The highest BCUT2D eigenvalue weighted by atomic mass is 32.1. The Hall–Kier alpha value is -1.36. The molecule has 2 fully saturated rings. The van der Waals surface area contributed by atoms with Gasteiger partial charge >= 0.3 is 5.97 Å². The molecule has 1 aliphatic carbocycles. The van der Waals surface area contributed by atoms with E-state index in [-0.39, 0.29) is 11.8 Å². The zero-order valence-electron chi connectivity index (χ0n) is 10.8. The van der Waals surface area contributed by atoms with Gasteiger partial charge < -0.3 is 10.0 Å². The molecule has 102 valence electrons. The molecule has 1 aliphatic heterocycles. The molecule has 3 rings (SSSR count). The van der Waals surface area contributed by atoms with Crippen LogP contribution < -0.4 is 0 Å². The lowest BCUT2D eigenvalue weighted by Crippen LogP contribution is -2.41. The molecule has 0 spiro atoms. The minimum atomic E-state index is -0.865. The van der Waals surface area contributed by atoms with Crippen LogP contribution in [0.5, 0.6) is 0 Å². The van der Waals surface area contributed by atoms with Crippen LogP contribution in [0.15, 0.2) is 11.4 Å². The number of nitrogens with zero attached hydrogens (tertiary/aromatic N) is 1. The van der Waals surface area contributed by atoms with Crippen molar-refractivity contribution < 1.29 is 14.7 Å². The van der Waals surface area contributed by atoms with E-state index in [2.05, 4.69) is 18.4 Å². The fourth-order valence-electron chi connectivity index (χ4n) is 3.02. The zero-order valence-corrected chi connectivity index (χ0v) is 11.7.